The molecular formula is C9H9N3O2S. The summed E-state index contributed by atoms with van der Waals surface area (Å²) in [6, 6.07) is 1.94. The van der Waals surface area contributed by atoms with E-state index in [0.717, 1.165) is 0 Å². The van der Waals surface area contributed by atoms with E-state index in [0.29, 0.717) is 17.2 Å². The number of carbonyl (C=O) groups excluding carboxylic acids is 1. The highest BCUT2D eigenvalue weighted by molar-refractivity contribution is 7.99. The molecule has 0 radical (unpaired) electrons. The zero-order valence-corrected chi connectivity index (χ0v) is 8.95. The molecule has 0 aliphatic rings. The SMILES string of the molecule is COC(=O)CCSc1nccnc1C#N. The Morgan fingerprint density at radius 1 is 1.60 bits per heavy atom. The smallest absolute Gasteiger partial charge is 0.306 e. The van der Waals surface area contributed by atoms with E-state index in [2.05, 4.69) is 14.7 Å². The largest absolute Gasteiger partial charge is 0.469 e. The lowest BCUT2D eigenvalue weighted by molar-refractivity contribution is -0.140. The van der Waals surface area contributed by atoms with Crippen molar-refractivity contribution in [2.45, 2.75) is 11.4 Å². The molecule has 0 saturated carbocycles. The van der Waals surface area contributed by atoms with Crippen LogP contribution in [0.1, 0.15) is 12.1 Å². The van der Waals surface area contributed by atoms with Crippen LogP contribution in [-0.2, 0) is 9.53 Å². The molecule has 0 N–H and O–H groups in total. The van der Waals surface area contributed by atoms with Gasteiger partial charge in [0.05, 0.1) is 13.5 Å². The third-order valence-electron chi connectivity index (χ3n) is 1.54. The molecule has 0 aliphatic heterocycles. The van der Waals surface area contributed by atoms with Crippen molar-refractivity contribution in [1.82, 2.24) is 9.97 Å². The van der Waals surface area contributed by atoms with E-state index in [9.17, 15) is 4.79 Å². The Labute approximate surface area is 91.5 Å². The first-order chi connectivity index (χ1) is 7.27. The van der Waals surface area contributed by atoms with E-state index in [1.807, 2.05) is 6.07 Å². The summed E-state index contributed by atoms with van der Waals surface area (Å²) in [5.41, 5.74) is 0.285. The van der Waals surface area contributed by atoms with Crippen molar-refractivity contribution in [2.24, 2.45) is 0 Å². The van der Waals surface area contributed by atoms with Gasteiger partial charge >= 0.3 is 5.97 Å². The predicted octanol–water partition coefficient (Wildman–Crippen LogP) is 1.00. The molecule has 1 aromatic rings. The molecule has 0 aliphatic carbocycles. The summed E-state index contributed by atoms with van der Waals surface area (Å²) in [6.45, 7) is 0. The fourth-order valence-electron chi connectivity index (χ4n) is 0.841. The standard InChI is InChI=1S/C9H9N3O2S/c1-14-8(13)2-5-15-9-7(6-10)11-3-4-12-9/h3-4H,2,5H2,1H3. The lowest BCUT2D eigenvalue weighted by Gasteiger charge is -2.00. The van der Waals surface area contributed by atoms with E-state index < -0.39 is 0 Å². The van der Waals surface area contributed by atoms with Crippen LogP contribution in [0.5, 0.6) is 0 Å². The van der Waals surface area contributed by atoms with Crippen LogP contribution < -0.4 is 0 Å². The maximum Gasteiger partial charge on any atom is 0.306 e. The van der Waals surface area contributed by atoms with E-state index in [1.165, 1.54) is 31.3 Å². The van der Waals surface area contributed by atoms with Crippen LogP contribution in [0, 0.1) is 11.3 Å². The summed E-state index contributed by atoms with van der Waals surface area (Å²) in [5, 5.41) is 9.26. The number of thioether (sulfide) groups is 1. The van der Waals surface area contributed by atoms with Gasteiger partial charge in [-0.2, -0.15) is 5.26 Å². The lowest BCUT2D eigenvalue weighted by atomic mass is 10.5. The molecule has 0 aromatic carbocycles. The molecule has 78 valence electrons. The molecule has 0 bridgehead atoms. The van der Waals surface area contributed by atoms with Gasteiger partial charge in [0.25, 0.3) is 0 Å². The summed E-state index contributed by atoms with van der Waals surface area (Å²) in [5.74, 6) is 0.255. The van der Waals surface area contributed by atoms with Gasteiger partial charge < -0.3 is 4.74 Å². The highest BCUT2D eigenvalue weighted by Crippen LogP contribution is 2.18. The number of aromatic nitrogens is 2. The first-order valence-electron chi connectivity index (χ1n) is 4.18. The predicted molar refractivity (Wildman–Crippen MR) is 54.1 cm³/mol. The molecule has 0 unspecified atom stereocenters. The number of ether oxygens (including phenoxy) is 1. The Bertz CT molecular complexity index is 389. The number of hydrogen-bond acceptors (Lipinski definition) is 6. The average molecular weight is 223 g/mol. The number of methoxy groups -OCH3 is 1. The minimum absolute atomic E-state index is 0.273. The van der Waals surface area contributed by atoms with E-state index in [1.54, 1.807) is 0 Å². The maximum atomic E-state index is 10.8. The van der Waals surface area contributed by atoms with Gasteiger partial charge in [-0.05, 0) is 0 Å². The minimum atomic E-state index is -0.273. The molecule has 0 saturated heterocycles. The number of nitrogens with zero attached hydrogens (tertiary/aromatic N) is 3. The fourth-order valence-corrected chi connectivity index (χ4v) is 1.67. The maximum absolute atomic E-state index is 10.8. The van der Waals surface area contributed by atoms with Crippen molar-refractivity contribution in [2.75, 3.05) is 12.9 Å². The van der Waals surface area contributed by atoms with Gasteiger partial charge in [-0.3, -0.25) is 4.79 Å². The van der Waals surface area contributed by atoms with Crippen molar-refractivity contribution in [3.05, 3.63) is 18.1 Å². The van der Waals surface area contributed by atoms with E-state index in [4.69, 9.17) is 5.26 Å². The highest BCUT2D eigenvalue weighted by atomic mass is 32.2. The second-order valence-electron chi connectivity index (χ2n) is 2.50. The van der Waals surface area contributed by atoms with Crippen LogP contribution in [-0.4, -0.2) is 28.8 Å². The van der Waals surface area contributed by atoms with Gasteiger partial charge in [0.2, 0.25) is 0 Å². The van der Waals surface area contributed by atoms with Gasteiger partial charge in [-0.1, -0.05) is 0 Å². The molecule has 6 heteroatoms. The van der Waals surface area contributed by atoms with Crippen LogP contribution in [0.4, 0.5) is 0 Å². The second kappa shape index (κ2) is 5.98. The summed E-state index contributed by atoms with van der Waals surface area (Å²) >= 11 is 1.32. The summed E-state index contributed by atoms with van der Waals surface area (Å²) in [7, 11) is 1.34. The third kappa shape index (κ3) is 3.56. The summed E-state index contributed by atoms with van der Waals surface area (Å²) < 4.78 is 4.49. The van der Waals surface area contributed by atoms with Gasteiger partial charge in [0.1, 0.15) is 11.1 Å². The monoisotopic (exact) mass is 223 g/mol. The van der Waals surface area contributed by atoms with Crippen molar-refractivity contribution >= 4 is 17.7 Å². The first kappa shape index (κ1) is 11.5. The molecule has 15 heavy (non-hydrogen) atoms. The number of esters is 1. The van der Waals surface area contributed by atoms with Crippen molar-refractivity contribution in [3.8, 4) is 6.07 Å². The molecule has 0 atom stereocenters. The fraction of sp³-hybridized carbons (Fsp3) is 0.333. The highest BCUT2D eigenvalue weighted by Gasteiger charge is 2.06. The van der Waals surface area contributed by atoms with Crippen LogP contribution in [0.15, 0.2) is 17.4 Å². The third-order valence-corrected chi connectivity index (χ3v) is 2.52. The minimum Gasteiger partial charge on any atom is -0.469 e. The van der Waals surface area contributed by atoms with Crippen LogP contribution >= 0.6 is 11.8 Å². The Kier molecular flexibility index (Phi) is 4.57. The van der Waals surface area contributed by atoms with Crippen LogP contribution in [0.2, 0.25) is 0 Å². The second-order valence-corrected chi connectivity index (χ2v) is 3.58. The van der Waals surface area contributed by atoms with Gasteiger partial charge in [-0.15, -0.1) is 11.8 Å². The zero-order valence-electron chi connectivity index (χ0n) is 8.14. The molecule has 1 heterocycles. The number of nitriles is 1. The summed E-state index contributed by atoms with van der Waals surface area (Å²) in [6.07, 6.45) is 3.27. The number of carbonyl (C=O) groups is 1. The van der Waals surface area contributed by atoms with E-state index in [-0.39, 0.29) is 11.7 Å². The topological polar surface area (TPSA) is 75.9 Å². The Morgan fingerprint density at radius 2 is 2.33 bits per heavy atom. The number of hydrogen-bond donors (Lipinski definition) is 0. The average Bonchev–Trinajstić information content (AvgIpc) is 2.29. The Balaban J connectivity index is 2.51. The van der Waals surface area contributed by atoms with Gasteiger partial charge in [-0.25, -0.2) is 9.97 Å². The van der Waals surface area contributed by atoms with Gasteiger partial charge in [0, 0.05) is 18.1 Å². The van der Waals surface area contributed by atoms with Crippen molar-refractivity contribution < 1.29 is 9.53 Å². The van der Waals surface area contributed by atoms with E-state index >= 15 is 0 Å². The first-order valence-corrected chi connectivity index (χ1v) is 5.17. The normalized spacial score (nSPS) is 9.33. The molecule has 5 nitrogen and oxygen atoms in total. The van der Waals surface area contributed by atoms with Crippen molar-refractivity contribution in [3.63, 3.8) is 0 Å². The molecule has 1 aromatic heterocycles. The zero-order chi connectivity index (χ0) is 11.1. The lowest BCUT2D eigenvalue weighted by Crippen LogP contribution is -2.01. The Morgan fingerprint density at radius 3 is 3.00 bits per heavy atom. The molecule has 0 fully saturated rings. The quantitative estimate of drug-likeness (QED) is 0.560. The van der Waals surface area contributed by atoms with Crippen molar-refractivity contribution in [1.29, 1.82) is 5.26 Å². The summed E-state index contributed by atoms with van der Waals surface area (Å²) in [4.78, 5) is 18.7. The van der Waals surface area contributed by atoms with Gasteiger partial charge in [0.15, 0.2) is 5.69 Å². The van der Waals surface area contributed by atoms with Crippen LogP contribution in [0.25, 0.3) is 0 Å². The molecule has 1 rings (SSSR count). The van der Waals surface area contributed by atoms with Crippen LogP contribution in [0.3, 0.4) is 0 Å². The molecule has 0 amide bonds. The molecular weight excluding hydrogens is 214 g/mol. The number of rotatable bonds is 4. The Hall–Kier alpha value is -1.61. The molecule has 0 spiro atoms.